The lowest BCUT2D eigenvalue weighted by Gasteiger charge is -1.92. The van der Waals surface area contributed by atoms with Crippen molar-refractivity contribution < 1.29 is 0 Å². The first-order valence-electron chi connectivity index (χ1n) is 3.12. The number of aryl methyl sites for hydroxylation is 1. The Balaban J connectivity index is 2.43. The molecule has 0 bridgehead atoms. The zero-order chi connectivity index (χ0) is 7.23. The van der Waals surface area contributed by atoms with Crippen LogP contribution in [-0.4, -0.2) is 20.7 Å². The maximum Gasteiger partial charge on any atom is 0.0665 e. The Morgan fingerprint density at radius 1 is 1.50 bits per heavy atom. The first kappa shape index (κ1) is 7.60. The standard InChI is InChI=1S/C6H8BrN3/c7-4-1-2-6-3-5-8-10-9-6/h3,5H,1-2,4H2. The average molecular weight is 202 g/mol. The number of rotatable bonds is 3. The first-order valence-corrected chi connectivity index (χ1v) is 4.25. The molecule has 0 aromatic carbocycles. The van der Waals surface area contributed by atoms with E-state index in [0.717, 1.165) is 23.9 Å². The van der Waals surface area contributed by atoms with Crippen molar-refractivity contribution >= 4 is 15.9 Å². The summed E-state index contributed by atoms with van der Waals surface area (Å²) in [4.78, 5) is 0. The van der Waals surface area contributed by atoms with Crippen LogP contribution in [0.3, 0.4) is 0 Å². The quantitative estimate of drug-likeness (QED) is 0.691. The molecule has 1 heterocycles. The van der Waals surface area contributed by atoms with Gasteiger partial charge in [-0.2, -0.15) is 0 Å². The molecule has 1 rings (SSSR count). The zero-order valence-corrected chi connectivity index (χ0v) is 7.08. The van der Waals surface area contributed by atoms with E-state index in [1.54, 1.807) is 6.20 Å². The lowest BCUT2D eigenvalue weighted by molar-refractivity contribution is 0.783. The van der Waals surface area contributed by atoms with Gasteiger partial charge >= 0.3 is 0 Å². The monoisotopic (exact) mass is 201 g/mol. The molecule has 0 saturated heterocycles. The molecule has 0 unspecified atom stereocenters. The van der Waals surface area contributed by atoms with Crippen molar-refractivity contribution in [3.05, 3.63) is 18.0 Å². The fourth-order valence-electron chi connectivity index (χ4n) is 0.647. The number of aromatic nitrogens is 3. The van der Waals surface area contributed by atoms with Crippen LogP contribution in [0.4, 0.5) is 0 Å². The van der Waals surface area contributed by atoms with E-state index in [1.165, 1.54) is 0 Å². The SMILES string of the molecule is BrCCCc1ccnnn1. The van der Waals surface area contributed by atoms with E-state index in [1.807, 2.05) is 6.07 Å². The molecule has 4 heteroatoms. The molecular formula is C6H8BrN3. The third-order valence-electron chi connectivity index (χ3n) is 1.12. The molecule has 0 amide bonds. The molecule has 0 radical (unpaired) electrons. The zero-order valence-electron chi connectivity index (χ0n) is 5.50. The topological polar surface area (TPSA) is 38.7 Å². The van der Waals surface area contributed by atoms with Gasteiger partial charge in [-0.25, -0.2) is 0 Å². The minimum atomic E-state index is 0.973. The van der Waals surface area contributed by atoms with Crippen LogP contribution in [0.15, 0.2) is 12.3 Å². The molecular weight excluding hydrogens is 194 g/mol. The van der Waals surface area contributed by atoms with Crippen LogP contribution in [0, 0.1) is 0 Å². The van der Waals surface area contributed by atoms with E-state index in [-0.39, 0.29) is 0 Å². The Morgan fingerprint density at radius 2 is 2.40 bits per heavy atom. The summed E-state index contributed by atoms with van der Waals surface area (Å²) in [5, 5.41) is 11.9. The van der Waals surface area contributed by atoms with Gasteiger partial charge in [0.25, 0.3) is 0 Å². The molecule has 0 saturated carbocycles. The van der Waals surface area contributed by atoms with Crippen LogP contribution in [-0.2, 0) is 6.42 Å². The molecule has 1 aromatic rings. The van der Waals surface area contributed by atoms with E-state index >= 15 is 0 Å². The Labute approximate surface area is 68.0 Å². The van der Waals surface area contributed by atoms with E-state index in [0.29, 0.717) is 0 Å². The second kappa shape index (κ2) is 4.33. The van der Waals surface area contributed by atoms with Gasteiger partial charge in [0, 0.05) is 5.33 Å². The highest BCUT2D eigenvalue weighted by atomic mass is 79.9. The van der Waals surface area contributed by atoms with Gasteiger partial charge in [0.1, 0.15) is 0 Å². The molecule has 0 spiro atoms. The summed E-state index contributed by atoms with van der Waals surface area (Å²) in [7, 11) is 0. The Kier molecular flexibility index (Phi) is 3.29. The summed E-state index contributed by atoms with van der Waals surface area (Å²) in [6.45, 7) is 0. The van der Waals surface area contributed by atoms with Gasteiger partial charge in [-0.15, -0.1) is 10.2 Å². The molecule has 0 atom stereocenters. The lowest BCUT2D eigenvalue weighted by atomic mass is 10.2. The van der Waals surface area contributed by atoms with E-state index in [9.17, 15) is 0 Å². The summed E-state index contributed by atoms with van der Waals surface area (Å²) in [6, 6.07) is 1.88. The summed E-state index contributed by atoms with van der Waals surface area (Å²) in [6.07, 6.45) is 3.73. The molecule has 3 nitrogen and oxygen atoms in total. The van der Waals surface area contributed by atoms with Crippen LogP contribution in [0.1, 0.15) is 12.1 Å². The number of hydrogen-bond acceptors (Lipinski definition) is 3. The van der Waals surface area contributed by atoms with Crippen molar-refractivity contribution in [3.8, 4) is 0 Å². The molecule has 10 heavy (non-hydrogen) atoms. The lowest BCUT2D eigenvalue weighted by Crippen LogP contribution is -1.94. The first-order chi connectivity index (χ1) is 4.93. The van der Waals surface area contributed by atoms with Crippen molar-refractivity contribution in [2.45, 2.75) is 12.8 Å². The molecule has 0 aliphatic rings. The number of halogens is 1. The van der Waals surface area contributed by atoms with Gasteiger partial charge < -0.3 is 0 Å². The molecule has 0 N–H and O–H groups in total. The molecule has 0 aliphatic carbocycles. The normalized spacial score (nSPS) is 9.70. The summed E-state index contributed by atoms with van der Waals surface area (Å²) in [5.74, 6) is 0. The van der Waals surface area contributed by atoms with Crippen molar-refractivity contribution in [3.63, 3.8) is 0 Å². The van der Waals surface area contributed by atoms with Gasteiger partial charge in [-0.05, 0) is 24.1 Å². The second-order valence-corrected chi connectivity index (χ2v) is 2.70. The maximum atomic E-state index is 3.83. The van der Waals surface area contributed by atoms with Crippen molar-refractivity contribution in [2.24, 2.45) is 0 Å². The fraction of sp³-hybridized carbons (Fsp3) is 0.500. The Morgan fingerprint density at radius 3 is 3.00 bits per heavy atom. The average Bonchev–Trinajstić information content (AvgIpc) is 2.03. The molecule has 0 fully saturated rings. The fourth-order valence-corrected chi connectivity index (χ4v) is 0.927. The van der Waals surface area contributed by atoms with Crippen LogP contribution in [0.2, 0.25) is 0 Å². The Bertz CT molecular complexity index is 178. The van der Waals surface area contributed by atoms with Crippen LogP contribution in [0.25, 0.3) is 0 Å². The van der Waals surface area contributed by atoms with Gasteiger partial charge in [0.15, 0.2) is 0 Å². The van der Waals surface area contributed by atoms with Crippen LogP contribution in [0.5, 0.6) is 0 Å². The highest BCUT2D eigenvalue weighted by Crippen LogP contribution is 1.97. The molecule has 0 aliphatic heterocycles. The van der Waals surface area contributed by atoms with E-state index in [2.05, 4.69) is 31.3 Å². The summed E-state index contributed by atoms with van der Waals surface area (Å²) >= 11 is 3.34. The predicted molar refractivity (Wildman–Crippen MR) is 41.9 cm³/mol. The third-order valence-corrected chi connectivity index (χ3v) is 1.69. The highest BCUT2D eigenvalue weighted by Gasteiger charge is 1.91. The number of alkyl halides is 1. The van der Waals surface area contributed by atoms with Crippen molar-refractivity contribution in [2.75, 3.05) is 5.33 Å². The van der Waals surface area contributed by atoms with Gasteiger partial charge in [0.05, 0.1) is 11.9 Å². The van der Waals surface area contributed by atoms with E-state index in [4.69, 9.17) is 0 Å². The van der Waals surface area contributed by atoms with Gasteiger partial charge in [0.2, 0.25) is 0 Å². The summed E-state index contributed by atoms with van der Waals surface area (Å²) in [5.41, 5.74) is 1.01. The highest BCUT2D eigenvalue weighted by molar-refractivity contribution is 9.09. The van der Waals surface area contributed by atoms with Crippen LogP contribution < -0.4 is 0 Å². The minimum absolute atomic E-state index is 0.973. The van der Waals surface area contributed by atoms with Crippen molar-refractivity contribution in [1.82, 2.24) is 15.4 Å². The number of nitrogens with zero attached hydrogens (tertiary/aromatic N) is 3. The smallest absolute Gasteiger partial charge is 0.0665 e. The van der Waals surface area contributed by atoms with Gasteiger partial charge in [-0.1, -0.05) is 15.9 Å². The summed E-state index contributed by atoms with van der Waals surface area (Å²) < 4.78 is 0. The van der Waals surface area contributed by atoms with Crippen molar-refractivity contribution in [1.29, 1.82) is 0 Å². The minimum Gasteiger partial charge on any atom is -0.139 e. The van der Waals surface area contributed by atoms with Gasteiger partial charge in [-0.3, -0.25) is 0 Å². The van der Waals surface area contributed by atoms with Crippen LogP contribution >= 0.6 is 15.9 Å². The number of hydrogen-bond donors (Lipinski definition) is 0. The largest absolute Gasteiger partial charge is 0.139 e. The Hall–Kier alpha value is -0.510. The van der Waals surface area contributed by atoms with E-state index < -0.39 is 0 Å². The third kappa shape index (κ3) is 2.39. The molecule has 1 aromatic heterocycles. The molecule has 54 valence electrons. The predicted octanol–water partition coefficient (Wildman–Crippen LogP) is 1.20. The second-order valence-electron chi connectivity index (χ2n) is 1.90. The maximum absolute atomic E-state index is 3.83.